The Kier molecular flexibility index (Phi) is 2.80. The van der Waals surface area contributed by atoms with Crippen LogP contribution in [0.4, 0.5) is 18.9 Å². The third kappa shape index (κ3) is 2.16. The molecular weight excluding hydrogens is 263 g/mol. The first-order valence-corrected chi connectivity index (χ1v) is 5.39. The highest BCUT2D eigenvalue weighted by molar-refractivity contribution is 5.98. The Morgan fingerprint density at radius 2 is 1.95 bits per heavy atom. The van der Waals surface area contributed by atoms with Crippen LogP contribution < -0.4 is 5.32 Å². The zero-order valence-electron chi connectivity index (χ0n) is 9.84. The van der Waals surface area contributed by atoms with E-state index in [9.17, 15) is 22.8 Å². The number of anilines is 1. The van der Waals surface area contributed by atoms with Crippen molar-refractivity contribution in [2.75, 3.05) is 5.32 Å². The molecule has 1 fully saturated rings. The summed E-state index contributed by atoms with van der Waals surface area (Å²) >= 11 is 0. The summed E-state index contributed by atoms with van der Waals surface area (Å²) in [5, 5.41) is 10.7. The number of carboxylic acids is 1. The summed E-state index contributed by atoms with van der Waals surface area (Å²) in [4.78, 5) is 22.2. The van der Waals surface area contributed by atoms with Gasteiger partial charge in [0.2, 0.25) is 5.91 Å². The van der Waals surface area contributed by atoms with Gasteiger partial charge in [0.25, 0.3) is 5.92 Å². The molecule has 19 heavy (non-hydrogen) atoms. The van der Waals surface area contributed by atoms with Gasteiger partial charge in [0.1, 0.15) is 11.2 Å². The van der Waals surface area contributed by atoms with Crippen molar-refractivity contribution in [3.8, 4) is 0 Å². The first-order chi connectivity index (χ1) is 8.67. The number of alkyl halides is 2. The highest BCUT2D eigenvalue weighted by Gasteiger charge is 2.72. The lowest BCUT2D eigenvalue weighted by molar-refractivity contribution is -0.123. The molecule has 0 spiro atoms. The van der Waals surface area contributed by atoms with Crippen molar-refractivity contribution in [3.05, 3.63) is 29.6 Å². The second-order valence-electron chi connectivity index (χ2n) is 4.67. The van der Waals surface area contributed by atoms with E-state index < -0.39 is 35.5 Å². The maximum atomic E-state index is 13.5. The van der Waals surface area contributed by atoms with Crippen molar-refractivity contribution in [2.24, 2.45) is 5.41 Å². The van der Waals surface area contributed by atoms with Gasteiger partial charge in [-0.3, -0.25) is 4.79 Å². The van der Waals surface area contributed by atoms with Crippen LogP contribution in [0.2, 0.25) is 0 Å². The number of nitrogens with one attached hydrogen (secondary N) is 1. The number of hydrogen-bond acceptors (Lipinski definition) is 2. The molecule has 1 aromatic rings. The molecule has 0 heterocycles. The molecular formula is C12H10F3NO3. The van der Waals surface area contributed by atoms with Gasteiger partial charge in [0, 0.05) is 6.42 Å². The second kappa shape index (κ2) is 3.97. The summed E-state index contributed by atoms with van der Waals surface area (Å²) in [6, 6.07) is 2.82. The molecule has 0 saturated heterocycles. The molecule has 1 amide bonds. The maximum absolute atomic E-state index is 13.5. The largest absolute Gasteiger partial charge is 0.478 e. The van der Waals surface area contributed by atoms with Crippen LogP contribution in [-0.4, -0.2) is 22.9 Å². The molecule has 0 aromatic heterocycles. The third-order valence-corrected chi connectivity index (χ3v) is 3.22. The lowest BCUT2D eigenvalue weighted by atomic mass is 10.1. The van der Waals surface area contributed by atoms with Gasteiger partial charge in [0.05, 0.1) is 11.3 Å². The normalized spacial score (nSPS) is 23.8. The zero-order valence-corrected chi connectivity index (χ0v) is 9.84. The van der Waals surface area contributed by atoms with Crippen LogP contribution in [0.1, 0.15) is 23.7 Å². The third-order valence-electron chi connectivity index (χ3n) is 3.22. The molecule has 2 rings (SSSR count). The minimum atomic E-state index is -3.09. The van der Waals surface area contributed by atoms with Gasteiger partial charge in [0.15, 0.2) is 0 Å². The summed E-state index contributed by atoms with van der Waals surface area (Å²) in [6.45, 7) is 1.09. The average molecular weight is 273 g/mol. The molecule has 1 unspecified atom stereocenters. The molecule has 1 saturated carbocycles. The molecule has 1 aliphatic rings. The van der Waals surface area contributed by atoms with Crippen molar-refractivity contribution in [1.82, 2.24) is 0 Å². The van der Waals surface area contributed by atoms with Crippen LogP contribution in [0.5, 0.6) is 0 Å². The molecule has 7 heteroatoms. The van der Waals surface area contributed by atoms with Crippen LogP contribution >= 0.6 is 0 Å². The van der Waals surface area contributed by atoms with Crippen LogP contribution in [-0.2, 0) is 4.79 Å². The molecule has 2 N–H and O–H groups in total. The summed E-state index contributed by atoms with van der Waals surface area (Å²) in [5.41, 5.74) is -2.44. The van der Waals surface area contributed by atoms with Crippen LogP contribution in [0.15, 0.2) is 18.2 Å². The van der Waals surface area contributed by atoms with E-state index in [4.69, 9.17) is 5.11 Å². The predicted octanol–water partition coefficient (Wildman–Crippen LogP) is 2.51. The number of halogens is 3. The van der Waals surface area contributed by atoms with Crippen molar-refractivity contribution in [3.63, 3.8) is 0 Å². The summed E-state index contributed by atoms with van der Waals surface area (Å²) in [6.07, 6.45) is -0.583. The SMILES string of the molecule is CC1(C(=O)Nc2ccc(C(=O)O)cc2F)CC1(F)F. The second-order valence-corrected chi connectivity index (χ2v) is 4.67. The monoisotopic (exact) mass is 273 g/mol. The number of benzene rings is 1. The van der Waals surface area contributed by atoms with Crippen LogP contribution in [0.3, 0.4) is 0 Å². The molecule has 0 bridgehead atoms. The van der Waals surface area contributed by atoms with Crippen LogP contribution in [0, 0.1) is 11.2 Å². The number of carbonyl (C=O) groups excluding carboxylic acids is 1. The number of rotatable bonds is 3. The number of aromatic carboxylic acids is 1. The van der Waals surface area contributed by atoms with Crippen LogP contribution in [0.25, 0.3) is 0 Å². The standard InChI is InChI=1S/C12H10F3NO3/c1-11(5-12(11,14)15)10(19)16-8-3-2-6(9(17)18)4-7(8)13/h2-4H,5H2,1H3,(H,16,19)(H,17,18). The van der Waals surface area contributed by atoms with E-state index >= 15 is 0 Å². The lowest BCUT2D eigenvalue weighted by Crippen LogP contribution is -2.27. The Hall–Kier alpha value is -2.05. The number of carboxylic acid groups (broad SMARTS) is 1. The van der Waals surface area contributed by atoms with Gasteiger partial charge in [-0.2, -0.15) is 0 Å². The average Bonchev–Trinajstić information content (AvgIpc) is 2.82. The summed E-state index contributed by atoms with van der Waals surface area (Å²) < 4.78 is 39.5. The summed E-state index contributed by atoms with van der Waals surface area (Å²) in [7, 11) is 0. The van der Waals surface area contributed by atoms with Gasteiger partial charge >= 0.3 is 5.97 Å². The van der Waals surface area contributed by atoms with Gasteiger partial charge in [-0.25, -0.2) is 18.0 Å². The fraction of sp³-hybridized carbons (Fsp3) is 0.333. The Morgan fingerprint density at radius 1 is 1.37 bits per heavy atom. The molecule has 4 nitrogen and oxygen atoms in total. The van der Waals surface area contributed by atoms with Gasteiger partial charge in [-0.15, -0.1) is 0 Å². The number of hydrogen-bond donors (Lipinski definition) is 2. The molecule has 1 aromatic carbocycles. The quantitative estimate of drug-likeness (QED) is 0.889. The highest BCUT2D eigenvalue weighted by Crippen LogP contribution is 2.60. The van der Waals surface area contributed by atoms with Crippen molar-refractivity contribution in [1.29, 1.82) is 0 Å². The first kappa shape index (κ1) is 13.4. The Morgan fingerprint density at radius 3 is 2.37 bits per heavy atom. The molecule has 0 aliphatic heterocycles. The zero-order chi connectivity index (χ0) is 14.4. The van der Waals surface area contributed by atoms with E-state index in [0.29, 0.717) is 6.07 Å². The van der Waals surface area contributed by atoms with Crippen molar-refractivity contribution >= 4 is 17.6 Å². The summed E-state index contributed by atoms with van der Waals surface area (Å²) in [5.74, 6) is -6.38. The van der Waals surface area contributed by atoms with E-state index in [0.717, 1.165) is 19.1 Å². The number of carbonyl (C=O) groups is 2. The predicted molar refractivity (Wildman–Crippen MR) is 59.7 cm³/mol. The minimum Gasteiger partial charge on any atom is -0.478 e. The van der Waals surface area contributed by atoms with E-state index in [1.54, 1.807) is 0 Å². The van der Waals surface area contributed by atoms with Crippen molar-refractivity contribution < 1.29 is 27.9 Å². The number of amides is 1. The van der Waals surface area contributed by atoms with E-state index in [2.05, 4.69) is 0 Å². The molecule has 0 radical (unpaired) electrons. The molecule has 102 valence electrons. The molecule has 1 aliphatic carbocycles. The Bertz CT molecular complexity index is 573. The maximum Gasteiger partial charge on any atom is 0.335 e. The smallest absolute Gasteiger partial charge is 0.335 e. The topological polar surface area (TPSA) is 66.4 Å². The highest BCUT2D eigenvalue weighted by atomic mass is 19.3. The fourth-order valence-corrected chi connectivity index (χ4v) is 1.66. The van der Waals surface area contributed by atoms with E-state index in [-0.39, 0.29) is 11.3 Å². The molecule has 1 atom stereocenters. The van der Waals surface area contributed by atoms with E-state index in [1.165, 1.54) is 0 Å². The van der Waals surface area contributed by atoms with Gasteiger partial charge in [-0.1, -0.05) is 0 Å². The van der Waals surface area contributed by atoms with Gasteiger partial charge < -0.3 is 10.4 Å². The first-order valence-electron chi connectivity index (χ1n) is 5.39. The Labute approximate surface area is 106 Å². The van der Waals surface area contributed by atoms with Gasteiger partial charge in [-0.05, 0) is 25.1 Å². The lowest BCUT2D eigenvalue weighted by Gasteiger charge is -2.12. The van der Waals surface area contributed by atoms with E-state index in [1.807, 2.05) is 5.32 Å². The fourth-order valence-electron chi connectivity index (χ4n) is 1.66. The van der Waals surface area contributed by atoms with Crippen molar-refractivity contribution in [2.45, 2.75) is 19.3 Å². The Balaban J connectivity index is 2.17. The minimum absolute atomic E-state index is 0.293.